The summed E-state index contributed by atoms with van der Waals surface area (Å²) in [6.45, 7) is 0.897. The second kappa shape index (κ2) is 6.11. The molecule has 3 unspecified atom stereocenters. The van der Waals surface area contributed by atoms with Crippen LogP contribution in [0.15, 0.2) is 0 Å². The molecule has 0 aromatic heterocycles. The van der Waals surface area contributed by atoms with Gasteiger partial charge >= 0.3 is 18.0 Å². The Kier molecular flexibility index (Phi) is 4.46. The minimum atomic E-state index is -0.798. The van der Waals surface area contributed by atoms with Crippen molar-refractivity contribution in [1.82, 2.24) is 10.2 Å². The van der Waals surface area contributed by atoms with Crippen LogP contribution < -0.4 is 5.32 Å². The van der Waals surface area contributed by atoms with Crippen LogP contribution in [0.25, 0.3) is 0 Å². The highest BCUT2D eigenvalue weighted by molar-refractivity contribution is 5.78. The monoisotopic (exact) mass is 284 g/mol. The summed E-state index contributed by atoms with van der Waals surface area (Å²) >= 11 is 0. The van der Waals surface area contributed by atoms with Gasteiger partial charge in [-0.15, -0.1) is 0 Å². The molecular weight excluding hydrogens is 264 g/mol. The molecule has 0 radical (unpaired) electrons. The Bertz CT molecular complexity index is 412. The van der Waals surface area contributed by atoms with Gasteiger partial charge < -0.3 is 20.1 Å². The lowest BCUT2D eigenvalue weighted by molar-refractivity contribution is -0.145. The Morgan fingerprint density at radius 3 is 2.55 bits per heavy atom. The first-order valence-electron chi connectivity index (χ1n) is 6.87. The zero-order valence-corrected chi connectivity index (χ0v) is 11.5. The van der Waals surface area contributed by atoms with Crippen molar-refractivity contribution in [3.8, 4) is 0 Å². The van der Waals surface area contributed by atoms with E-state index in [1.54, 1.807) is 4.90 Å². The maximum atomic E-state index is 12.0. The number of hydrogen-bond acceptors (Lipinski definition) is 4. The van der Waals surface area contributed by atoms with Crippen LogP contribution in [-0.4, -0.2) is 54.2 Å². The number of carbonyl (C=O) groups is 3. The van der Waals surface area contributed by atoms with Gasteiger partial charge in [-0.2, -0.15) is 0 Å². The molecular formula is C13H20N2O5. The fourth-order valence-corrected chi connectivity index (χ4v) is 2.91. The molecule has 1 saturated carbocycles. The minimum absolute atomic E-state index is 0.0826. The molecule has 112 valence electrons. The largest absolute Gasteiger partial charge is 0.481 e. The van der Waals surface area contributed by atoms with Crippen molar-refractivity contribution in [2.24, 2.45) is 11.8 Å². The average Bonchev–Trinajstić information content (AvgIpc) is 3.06. The molecule has 1 aliphatic heterocycles. The lowest BCUT2D eigenvalue weighted by Crippen LogP contribution is -2.43. The molecule has 7 heteroatoms. The summed E-state index contributed by atoms with van der Waals surface area (Å²) in [4.78, 5) is 35.9. The van der Waals surface area contributed by atoms with Crippen molar-refractivity contribution in [2.75, 3.05) is 20.2 Å². The van der Waals surface area contributed by atoms with Gasteiger partial charge in [-0.1, -0.05) is 0 Å². The number of aliphatic carboxylic acids is 1. The second-order valence-electron chi connectivity index (χ2n) is 5.45. The zero-order valence-electron chi connectivity index (χ0n) is 11.5. The van der Waals surface area contributed by atoms with Gasteiger partial charge in [-0.05, 0) is 25.7 Å². The number of nitrogens with one attached hydrogen (secondary N) is 1. The Morgan fingerprint density at radius 2 is 1.95 bits per heavy atom. The summed E-state index contributed by atoms with van der Waals surface area (Å²) in [5, 5.41) is 11.8. The third kappa shape index (κ3) is 3.20. The van der Waals surface area contributed by atoms with Gasteiger partial charge in [0, 0.05) is 19.1 Å². The van der Waals surface area contributed by atoms with E-state index in [-0.39, 0.29) is 29.9 Å². The highest BCUT2D eigenvalue weighted by Gasteiger charge is 2.35. The number of likely N-dealkylation sites (tertiary alicyclic amines) is 1. The first kappa shape index (κ1) is 14.6. The predicted octanol–water partition coefficient (Wildman–Crippen LogP) is 0.444. The Hall–Kier alpha value is -1.79. The fraction of sp³-hybridized carbons (Fsp3) is 0.769. The number of esters is 1. The summed E-state index contributed by atoms with van der Waals surface area (Å²) in [6, 6.07) is -0.298. The van der Waals surface area contributed by atoms with Crippen molar-refractivity contribution in [2.45, 2.75) is 31.7 Å². The highest BCUT2D eigenvalue weighted by atomic mass is 16.5. The van der Waals surface area contributed by atoms with Crippen molar-refractivity contribution >= 4 is 18.0 Å². The number of methoxy groups -OCH3 is 1. The van der Waals surface area contributed by atoms with Crippen molar-refractivity contribution in [3.05, 3.63) is 0 Å². The number of ether oxygens (including phenoxy) is 1. The lowest BCUT2D eigenvalue weighted by atomic mass is 10.1. The van der Waals surface area contributed by atoms with Crippen LogP contribution in [0.3, 0.4) is 0 Å². The Balaban J connectivity index is 1.79. The topological polar surface area (TPSA) is 95.9 Å². The first-order chi connectivity index (χ1) is 9.51. The molecule has 2 N–H and O–H groups in total. The maximum Gasteiger partial charge on any atom is 0.317 e. The fourth-order valence-electron chi connectivity index (χ4n) is 2.91. The van der Waals surface area contributed by atoms with E-state index in [2.05, 4.69) is 10.1 Å². The lowest BCUT2D eigenvalue weighted by Gasteiger charge is -2.20. The number of nitrogens with zero attached hydrogens (tertiary/aromatic N) is 1. The minimum Gasteiger partial charge on any atom is -0.481 e. The van der Waals surface area contributed by atoms with Crippen molar-refractivity contribution in [1.29, 1.82) is 0 Å². The van der Waals surface area contributed by atoms with E-state index in [1.807, 2.05) is 0 Å². The van der Waals surface area contributed by atoms with E-state index in [1.165, 1.54) is 7.11 Å². The quantitative estimate of drug-likeness (QED) is 0.733. The van der Waals surface area contributed by atoms with E-state index >= 15 is 0 Å². The molecule has 1 saturated heterocycles. The summed E-state index contributed by atoms with van der Waals surface area (Å²) in [7, 11) is 1.34. The number of carboxylic acid groups (broad SMARTS) is 1. The van der Waals surface area contributed by atoms with Gasteiger partial charge in [0.15, 0.2) is 0 Å². The van der Waals surface area contributed by atoms with Gasteiger partial charge in [-0.25, -0.2) is 4.79 Å². The number of carbonyl (C=O) groups excluding carboxylic acids is 2. The SMILES string of the molecule is COC(=O)C1CCN(C(=O)NC2CCC(C(=O)O)C2)C1. The van der Waals surface area contributed by atoms with Gasteiger partial charge in [-0.3, -0.25) is 9.59 Å². The van der Waals surface area contributed by atoms with Gasteiger partial charge in [0.1, 0.15) is 0 Å². The summed E-state index contributed by atoms with van der Waals surface area (Å²) in [5.41, 5.74) is 0. The van der Waals surface area contributed by atoms with Crippen LogP contribution in [0.1, 0.15) is 25.7 Å². The van der Waals surface area contributed by atoms with E-state index in [4.69, 9.17) is 5.11 Å². The van der Waals surface area contributed by atoms with Crippen molar-refractivity contribution < 1.29 is 24.2 Å². The molecule has 2 amide bonds. The van der Waals surface area contributed by atoms with Gasteiger partial charge in [0.05, 0.1) is 18.9 Å². The molecule has 2 fully saturated rings. The average molecular weight is 284 g/mol. The number of hydrogen-bond donors (Lipinski definition) is 2. The molecule has 1 aliphatic carbocycles. The van der Waals surface area contributed by atoms with Crippen LogP contribution in [0, 0.1) is 11.8 Å². The highest BCUT2D eigenvalue weighted by Crippen LogP contribution is 2.26. The van der Waals surface area contributed by atoms with Gasteiger partial charge in [0.2, 0.25) is 0 Å². The van der Waals surface area contributed by atoms with Crippen molar-refractivity contribution in [3.63, 3.8) is 0 Å². The summed E-state index contributed by atoms with van der Waals surface area (Å²) in [5.74, 6) is -1.69. The van der Waals surface area contributed by atoms with E-state index in [0.717, 1.165) is 0 Å². The second-order valence-corrected chi connectivity index (χ2v) is 5.45. The van der Waals surface area contributed by atoms with Crippen LogP contribution >= 0.6 is 0 Å². The Morgan fingerprint density at radius 1 is 1.20 bits per heavy atom. The number of carboxylic acids is 1. The first-order valence-corrected chi connectivity index (χ1v) is 6.87. The number of urea groups is 1. The van der Waals surface area contributed by atoms with Crippen LogP contribution in [-0.2, 0) is 14.3 Å². The summed E-state index contributed by atoms with van der Waals surface area (Å²) in [6.07, 6.45) is 2.39. The molecule has 20 heavy (non-hydrogen) atoms. The predicted molar refractivity (Wildman–Crippen MR) is 69.0 cm³/mol. The molecule has 1 heterocycles. The molecule has 0 spiro atoms. The molecule has 2 rings (SSSR count). The standard InChI is InChI=1S/C13H20N2O5/c1-20-12(18)9-4-5-15(7-9)13(19)14-10-3-2-8(6-10)11(16)17/h8-10H,2-7H2,1H3,(H,14,19)(H,16,17). The molecule has 0 aromatic rings. The molecule has 2 aliphatic rings. The molecule has 0 bridgehead atoms. The van der Waals surface area contributed by atoms with E-state index in [9.17, 15) is 14.4 Å². The van der Waals surface area contributed by atoms with Crippen LogP contribution in [0.2, 0.25) is 0 Å². The third-order valence-electron chi connectivity index (χ3n) is 4.12. The van der Waals surface area contributed by atoms with E-state index < -0.39 is 5.97 Å². The summed E-state index contributed by atoms with van der Waals surface area (Å²) < 4.78 is 4.67. The molecule has 7 nitrogen and oxygen atoms in total. The normalized spacial score (nSPS) is 29.2. The van der Waals surface area contributed by atoms with Gasteiger partial charge in [0.25, 0.3) is 0 Å². The van der Waals surface area contributed by atoms with Crippen LogP contribution in [0.4, 0.5) is 4.79 Å². The maximum absolute atomic E-state index is 12.0. The molecule has 0 aromatic carbocycles. The zero-order chi connectivity index (χ0) is 14.7. The van der Waals surface area contributed by atoms with Crippen LogP contribution in [0.5, 0.6) is 0 Å². The third-order valence-corrected chi connectivity index (χ3v) is 4.12. The number of amides is 2. The Labute approximate surface area is 117 Å². The number of rotatable bonds is 3. The van der Waals surface area contributed by atoms with E-state index in [0.29, 0.717) is 38.8 Å². The smallest absolute Gasteiger partial charge is 0.317 e. The molecule has 3 atom stereocenters.